The van der Waals surface area contributed by atoms with Gasteiger partial charge in [0.05, 0.1) is 11.8 Å². The van der Waals surface area contributed by atoms with E-state index in [4.69, 9.17) is 0 Å². The van der Waals surface area contributed by atoms with Gasteiger partial charge in [0.2, 0.25) is 5.78 Å². The predicted molar refractivity (Wildman–Crippen MR) is 33.8 cm³/mol. The van der Waals surface area contributed by atoms with Crippen molar-refractivity contribution in [2.45, 2.75) is 13.3 Å². The summed E-state index contributed by atoms with van der Waals surface area (Å²) in [7, 11) is 0. The van der Waals surface area contributed by atoms with Crippen LogP contribution in [-0.4, -0.2) is 12.2 Å². The van der Waals surface area contributed by atoms with E-state index in [1.54, 1.807) is 0 Å². The van der Waals surface area contributed by atoms with Gasteiger partial charge in [0.25, 0.3) is 0 Å². The standard InChI is InChI=1S/C7H6F2O2/c1-4-5(2-3-11-4)6(10)7(8)9/h2-3,7H,1H3. The van der Waals surface area contributed by atoms with Crippen LogP contribution in [0.5, 0.6) is 0 Å². The zero-order valence-corrected chi connectivity index (χ0v) is 5.80. The fourth-order valence-corrected chi connectivity index (χ4v) is 0.758. The second-order valence-corrected chi connectivity index (χ2v) is 2.06. The van der Waals surface area contributed by atoms with Crippen molar-refractivity contribution in [2.75, 3.05) is 0 Å². The highest BCUT2D eigenvalue weighted by Crippen LogP contribution is 2.13. The molecule has 2 nitrogen and oxygen atoms in total. The molecule has 0 aromatic carbocycles. The van der Waals surface area contributed by atoms with Gasteiger partial charge in [-0.2, -0.15) is 0 Å². The van der Waals surface area contributed by atoms with Crippen LogP contribution < -0.4 is 0 Å². The Bertz CT molecular complexity index is 265. The number of carbonyl (C=O) groups is 1. The monoisotopic (exact) mass is 160 g/mol. The summed E-state index contributed by atoms with van der Waals surface area (Å²) in [6.45, 7) is 1.47. The number of hydrogen-bond donors (Lipinski definition) is 0. The highest BCUT2D eigenvalue weighted by Gasteiger charge is 2.20. The van der Waals surface area contributed by atoms with Gasteiger partial charge in [0.1, 0.15) is 5.76 Å². The number of carbonyl (C=O) groups excluding carboxylic acids is 1. The van der Waals surface area contributed by atoms with Crippen LogP contribution in [0.1, 0.15) is 16.1 Å². The fourth-order valence-electron chi connectivity index (χ4n) is 0.758. The van der Waals surface area contributed by atoms with E-state index in [9.17, 15) is 13.6 Å². The van der Waals surface area contributed by atoms with E-state index in [0.717, 1.165) is 0 Å². The van der Waals surface area contributed by atoms with Crippen LogP contribution in [0.25, 0.3) is 0 Å². The van der Waals surface area contributed by atoms with Gasteiger partial charge in [-0.3, -0.25) is 4.79 Å². The molecule has 0 saturated heterocycles. The smallest absolute Gasteiger partial charge is 0.300 e. The molecule has 0 amide bonds. The van der Waals surface area contributed by atoms with E-state index in [0.29, 0.717) is 0 Å². The van der Waals surface area contributed by atoms with E-state index in [-0.39, 0.29) is 11.3 Å². The fraction of sp³-hybridized carbons (Fsp3) is 0.286. The normalized spacial score (nSPS) is 10.5. The topological polar surface area (TPSA) is 30.2 Å². The minimum absolute atomic E-state index is 0.0417. The van der Waals surface area contributed by atoms with Gasteiger partial charge in [0, 0.05) is 0 Å². The first-order valence-electron chi connectivity index (χ1n) is 2.99. The Morgan fingerprint density at radius 1 is 1.64 bits per heavy atom. The Balaban J connectivity index is 2.93. The average molecular weight is 160 g/mol. The first-order chi connectivity index (χ1) is 5.13. The molecule has 0 atom stereocenters. The third-order valence-electron chi connectivity index (χ3n) is 1.32. The van der Waals surface area contributed by atoms with Gasteiger partial charge in [-0.05, 0) is 13.0 Å². The number of rotatable bonds is 2. The number of halogens is 2. The Hall–Kier alpha value is -1.19. The van der Waals surface area contributed by atoms with Crippen molar-refractivity contribution >= 4 is 5.78 Å². The Kier molecular flexibility index (Phi) is 2.03. The molecule has 0 aliphatic heterocycles. The first-order valence-corrected chi connectivity index (χ1v) is 2.99. The van der Waals surface area contributed by atoms with Crippen LogP contribution in [0.2, 0.25) is 0 Å². The van der Waals surface area contributed by atoms with Crippen LogP contribution in [-0.2, 0) is 0 Å². The lowest BCUT2D eigenvalue weighted by Gasteiger charge is -1.94. The molecule has 0 radical (unpaired) electrons. The van der Waals surface area contributed by atoms with Gasteiger partial charge in [0.15, 0.2) is 0 Å². The summed E-state index contributed by atoms with van der Waals surface area (Å²) in [5, 5.41) is 0. The van der Waals surface area contributed by atoms with Crippen LogP contribution >= 0.6 is 0 Å². The molecule has 4 heteroatoms. The summed E-state index contributed by atoms with van der Waals surface area (Å²) in [5.41, 5.74) is -0.0417. The lowest BCUT2D eigenvalue weighted by Crippen LogP contribution is -2.09. The molecule has 0 aliphatic carbocycles. The third-order valence-corrected chi connectivity index (χ3v) is 1.32. The van der Waals surface area contributed by atoms with Gasteiger partial charge in [-0.25, -0.2) is 8.78 Å². The molecule has 1 heterocycles. The maximum atomic E-state index is 11.8. The van der Waals surface area contributed by atoms with Crippen LogP contribution in [0.4, 0.5) is 8.78 Å². The van der Waals surface area contributed by atoms with Crippen molar-refractivity contribution < 1.29 is 18.0 Å². The summed E-state index contributed by atoms with van der Waals surface area (Å²) in [5.74, 6) is -0.952. The van der Waals surface area contributed by atoms with Gasteiger partial charge >= 0.3 is 6.43 Å². The van der Waals surface area contributed by atoms with E-state index in [2.05, 4.69) is 4.42 Å². The second-order valence-electron chi connectivity index (χ2n) is 2.06. The van der Waals surface area contributed by atoms with Crippen LogP contribution in [0.15, 0.2) is 16.7 Å². The molecule has 1 aromatic rings. The summed E-state index contributed by atoms with van der Waals surface area (Å²) in [6.07, 6.45) is -1.74. The number of alkyl halides is 2. The van der Waals surface area contributed by atoms with E-state index < -0.39 is 12.2 Å². The molecule has 0 bridgehead atoms. The second kappa shape index (κ2) is 2.82. The number of ketones is 1. The molecule has 0 spiro atoms. The number of aryl methyl sites for hydroxylation is 1. The van der Waals surface area contributed by atoms with Crippen LogP contribution in [0.3, 0.4) is 0 Å². The zero-order chi connectivity index (χ0) is 8.43. The maximum Gasteiger partial charge on any atom is 0.300 e. The number of hydrogen-bond acceptors (Lipinski definition) is 2. The largest absolute Gasteiger partial charge is 0.469 e. The maximum absolute atomic E-state index is 11.8. The number of Topliss-reactive ketones (excluding diaryl/α,β-unsaturated/α-hetero) is 1. The third kappa shape index (κ3) is 1.45. The van der Waals surface area contributed by atoms with Crippen LogP contribution in [0, 0.1) is 6.92 Å². The highest BCUT2D eigenvalue weighted by atomic mass is 19.3. The lowest BCUT2D eigenvalue weighted by atomic mass is 10.2. The zero-order valence-electron chi connectivity index (χ0n) is 5.80. The predicted octanol–water partition coefficient (Wildman–Crippen LogP) is 2.04. The summed E-state index contributed by atoms with van der Waals surface area (Å²) in [4.78, 5) is 10.6. The molecule has 0 fully saturated rings. The van der Waals surface area contributed by atoms with E-state index >= 15 is 0 Å². The lowest BCUT2D eigenvalue weighted by molar-refractivity contribution is 0.0677. The Morgan fingerprint density at radius 3 is 2.64 bits per heavy atom. The molecular formula is C7H6F2O2. The molecular weight excluding hydrogens is 154 g/mol. The molecule has 0 unspecified atom stereocenters. The molecule has 11 heavy (non-hydrogen) atoms. The quantitative estimate of drug-likeness (QED) is 0.619. The van der Waals surface area contributed by atoms with Crippen molar-refractivity contribution in [1.29, 1.82) is 0 Å². The van der Waals surface area contributed by atoms with Crippen molar-refractivity contribution in [2.24, 2.45) is 0 Å². The van der Waals surface area contributed by atoms with Gasteiger partial charge in [-0.15, -0.1) is 0 Å². The van der Waals surface area contributed by atoms with Gasteiger partial charge < -0.3 is 4.42 Å². The molecule has 0 saturated carbocycles. The molecule has 1 rings (SSSR count). The molecule has 0 aliphatic rings. The van der Waals surface area contributed by atoms with Crippen molar-refractivity contribution in [1.82, 2.24) is 0 Å². The molecule has 1 aromatic heterocycles. The summed E-state index contributed by atoms with van der Waals surface area (Å²) in [6, 6.07) is 1.24. The van der Waals surface area contributed by atoms with Gasteiger partial charge in [-0.1, -0.05) is 0 Å². The van der Waals surface area contributed by atoms with Crippen molar-refractivity contribution in [3.63, 3.8) is 0 Å². The summed E-state index contributed by atoms with van der Waals surface area (Å²) >= 11 is 0. The molecule has 60 valence electrons. The van der Waals surface area contributed by atoms with Crippen molar-refractivity contribution in [3.8, 4) is 0 Å². The Labute approximate surface area is 61.8 Å². The Morgan fingerprint density at radius 2 is 2.27 bits per heavy atom. The minimum atomic E-state index is -2.95. The SMILES string of the molecule is Cc1occc1C(=O)C(F)F. The summed E-state index contributed by atoms with van der Waals surface area (Å²) < 4.78 is 28.2. The average Bonchev–Trinajstić information content (AvgIpc) is 2.33. The minimum Gasteiger partial charge on any atom is -0.469 e. The van der Waals surface area contributed by atoms with E-state index in [1.807, 2.05) is 0 Å². The highest BCUT2D eigenvalue weighted by molar-refractivity contribution is 5.99. The van der Waals surface area contributed by atoms with Crippen molar-refractivity contribution in [3.05, 3.63) is 23.7 Å². The van der Waals surface area contributed by atoms with E-state index in [1.165, 1.54) is 19.3 Å². The number of furan rings is 1. The first kappa shape index (κ1) is 7.91. The molecule has 0 N–H and O–H groups in total.